The second-order valence-electron chi connectivity index (χ2n) is 29.0. The van der Waals surface area contributed by atoms with Crippen molar-refractivity contribution in [3.05, 3.63) is 70.9 Å². The number of ether oxygens (including phenoxy) is 3. The Morgan fingerprint density at radius 3 is 1.94 bits per heavy atom. The van der Waals surface area contributed by atoms with Gasteiger partial charge in [0.15, 0.2) is 17.8 Å². The lowest BCUT2D eigenvalue weighted by molar-refractivity contribution is -0.204. The largest absolute Gasteiger partial charge is 0.496 e. The number of para-hydroxylation sites is 1. The van der Waals surface area contributed by atoms with E-state index in [9.17, 15) is 94.2 Å². The fourth-order valence-corrected chi connectivity index (χ4v) is 19.2. The summed E-state index contributed by atoms with van der Waals surface area (Å²) in [5, 5.41) is 138. The number of likely N-dealkylation sites (N-methyl/N-ethyl adjacent to an activating group) is 1. The molecule has 39 heteroatoms. The molecule has 1 saturated carbocycles. The minimum Gasteiger partial charge on any atom is -0.496 e. The van der Waals surface area contributed by atoms with Crippen LogP contribution >= 0.6 is 21.6 Å². The van der Waals surface area contributed by atoms with Crippen molar-refractivity contribution in [2.45, 2.75) is 180 Å². The number of nitrogens with zero attached hydrogens (tertiary/aromatic N) is 3. The highest BCUT2D eigenvalue weighted by atomic mass is 33.1. The van der Waals surface area contributed by atoms with E-state index < -0.39 is 210 Å². The first kappa shape index (κ1) is 85.5. The Hall–Kier alpha value is -8.45. The van der Waals surface area contributed by atoms with Crippen molar-refractivity contribution in [3.63, 3.8) is 0 Å². The molecule has 1 aliphatic carbocycles. The fraction of sp³-hybridized carbons (Fsp3) is 0.620. The number of aromatic nitrogens is 1. The highest BCUT2D eigenvalue weighted by Crippen LogP contribution is 2.68. The monoisotopic (exact) mass is 1590 g/mol. The Morgan fingerprint density at radius 1 is 0.736 bits per heavy atom. The highest BCUT2D eigenvalue weighted by molar-refractivity contribution is 8.76. The molecule has 1 unspecified atom stereocenters. The van der Waals surface area contributed by atoms with Gasteiger partial charge < -0.3 is 112 Å². The molecule has 1 aromatic heterocycles. The maximum atomic E-state index is 15.6. The third-order valence-electron chi connectivity index (χ3n) is 22.4. The molecule has 2 bridgehead atoms. The van der Waals surface area contributed by atoms with E-state index >= 15 is 9.59 Å². The number of anilines is 1. The van der Waals surface area contributed by atoms with Gasteiger partial charge in [-0.3, -0.25) is 48.8 Å². The van der Waals surface area contributed by atoms with Gasteiger partial charge in [0.05, 0.1) is 25.9 Å². The van der Waals surface area contributed by atoms with Crippen LogP contribution in [0.5, 0.6) is 5.75 Å². The molecule has 606 valence electrons. The summed E-state index contributed by atoms with van der Waals surface area (Å²) in [6.45, 7) is 5.40. The van der Waals surface area contributed by atoms with Gasteiger partial charge in [0.2, 0.25) is 29.5 Å². The third kappa shape index (κ3) is 17.1. The first-order valence-electron chi connectivity index (χ1n) is 36.1. The smallest absolute Gasteiger partial charge is 0.426 e. The Bertz CT molecular complexity index is 3990. The van der Waals surface area contributed by atoms with Crippen LogP contribution in [0.1, 0.15) is 101 Å². The number of hydrazine groups is 1. The number of aliphatic carboxylic acids is 3. The number of fused-ring (bicyclic) bond motifs is 6. The minimum absolute atomic E-state index is 0.0516. The van der Waals surface area contributed by atoms with Crippen LogP contribution in [-0.4, -0.2) is 311 Å². The Balaban J connectivity index is 0.884. The van der Waals surface area contributed by atoms with Crippen LogP contribution < -0.4 is 47.1 Å². The lowest BCUT2D eigenvalue weighted by Crippen LogP contribution is -2.82. The molecule has 6 aliphatic rings. The third-order valence-corrected chi connectivity index (χ3v) is 24.8. The number of carbonyl (C=O) groups is 11. The van der Waals surface area contributed by atoms with E-state index in [-0.39, 0.29) is 31.1 Å². The van der Waals surface area contributed by atoms with Gasteiger partial charge in [-0.2, -0.15) is 0 Å². The van der Waals surface area contributed by atoms with Gasteiger partial charge in [0, 0.05) is 128 Å². The number of carboxylic acid groups (broad SMARTS) is 3. The van der Waals surface area contributed by atoms with Crippen molar-refractivity contribution in [1.29, 1.82) is 0 Å². The SMILES string of the molecule is CC[C@]1(O)C[C@H]2CN(CCc3c([nH]c4ccccc34)[C@@](C(=O)OC)(c3cc4c(cc3OC)N(C)[C@H]3[C@@](O)(C(=O)NNC(=O)OCCSSC[C@H](NC(=O)[C@H](CCC(=O)NC[C@H](O)[C@@H](O)[C@H](O)C(=O)O)NC(=O)[C@H](CCC(=O)NC[C@H](O)[C@@H](O)[C@H](O)C(=O)O)NC(C)=O)C(=O)O)[C@H](O)[C@]5(CC)C=CCN6CC[C@]43[C@@H]65)C2)C1. The molecular formula is C71H99N11O26S2. The molecule has 37 nitrogen and oxygen atoms in total. The lowest BCUT2D eigenvalue weighted by atomic mass is 9.47. The molecule has 7 amide bonds. The van der Waals surface area contributed by atoms with Crippen molar-refractivity contribution in [3.8, 4) is 5.75 Å². The Morgan fingerprint density at radius 2 is 1.35 bits per heavy atom. The van der Waals surface area contributed by atoms with Crippen LogP contribution in [-0.2, 0) is 74.7 Å². The zero-order chi connectivity index (χ0) is 80.7. The molecule has 2 aromatic carbocycles. The molecule has 6 heterocycles. The molecule has 3 aromatic rings. The summed E-state index contributed by atoms with van der Waals surface area (Å²) in [5.74, 6) is -12.6. The summed E-state index contributed by atoms with van der Waals surface area (Å²) in [4.78, 5) is 155. The predicted molar refractivity (Wildman–Crippen MR) is 391 cm³/mol. The number of hydrogen-bond donors (Lipinski definition) is 20. The summed E-state index contributed by atoms with van der Waals surface area (Å²) in [5.41, 5.74) is 0.638. The maximum absolute atomic E-state index is 15.6. The number of rotatable bonds is 34. The Kier molecular flexibility index (Phi) is 27.6. The number of amides is 7. The van der Waals surface area contributed by atoms with E-state index in [0.717, 1.165) is 45.0 Å². The molecule has 3 fully saturated rings. The number of carbonyl (C=O) groups excluding carboxylic acids is 8. The summed E-state index contributed by atoms with van der Waals surface area (Å²) >= 11 is 0. The van der Waals surface area contributed by atoms with Gasteiger partial charge >= 0.3 is 30.0 Å². The van der Waals surface area contributed by atoms with Crippen LogP contribution in [0.25, 0.3) is 10.9 Å². The number of benzene rings is 2. The van der Waals surface area contributed by atoms with Crippen LogP contribution in [0.4, 0.5) is 10.5 Å². The first-order chi connectivity index (χ1) is 52.0. The minimum atomic E-state index is -2.73. The fourth-order valence-electron chi connectivity index (χ4n) is 17.2. The molecule has 19 atom stereocenters. The quantitative estimate of drug-likeness (QED) is 0.00893. The van der Waals surface area contributed by atoms with E-state index in [1.54, 1.807) is 18.0 Å². The van der Waals surface area contributed by atoms with Gasteiger partial charge in [-0.15, -0.1) is 0 Å². The summed E-state index contributed by atoms with van der Waals surface area (Å²) in [6, 6.07) is 4.59. The molecule has 110 heavy (non-hydrogen) atoms. The van der Waals surface area contributed by atoms with Crippen LogP contribution in [0.3, 0.4) is 0 Å². The van der Waals surface area contributed by atoms with Gasteiger partial charge in [-0.25, -0.2) is 24.6 Å². The number of aliphatic hydroxyl groups is 9. The van der Waals surface area contributed by atoms with Crippen LogP contribution in [0.15, 0.2) is 48.6 Å². The molecular weight excluding hydrogens is 1490 g/mol. The zero-order valence-corrected chi connectivity index (χ0v) is 63.1. The van der Waals surface area contributed by atoms with Crippen molar-refractivity contribution < 1.29 is 128 Å². The maximum Gasteiger partial charge on any atom is 0.426 e. The van der Waals surface area contributed by atoms with E-state index in [0.29, 0.717) is 86.7 Å². The number of aliphatic hydroxyl groups excluding tert-OH is 7. The lowest BCUT2D eigenvalue weighted by Gasteiger charge is -2.63. The molecule has 20 N–H and O–H groups in total. The topological polar surface area (TPSA) is 568 Å². The van der Waals surface area contributed by atoms with E-state index in [1.807, 2.05) is 56.3 Å². The summed E-state index contributed by atoms with van der Waals surface area (Å²) in [7, 11) is 6.38. The molecule has 9 rings (SSSR count). The molecule has 1 spiro atoms. The standard InChI is InChI=1S/C71H99N11O26S2/c1-7-67(104)28-36-29-70(65(102)107-6,55-38(18-22-81(32-36)34-67)37-12-9-10-13-41(37)75-55)40-26-39-45(27-48(40)106-5)80(4)62-69(39)20-23-82-21-11-19-68(8-2,61(69)82)63(100)71(62,105)64(101)78-79-66(103)108-24-25-109-110-33-44(58(94)95)77-57(93)43(15-17-50(87)73-31-47(85)52(89)54(91)60(98)99)76-56(92)42(74-35(3)83)14-16-49(86)72-30-46(84)51(88)53(90)59(96)97/h9-13,19,26-27,36,42-44,46-47,51-54,61-63,75,84-85,88-91,100,104-105H,7-8,14-18,20-25,28-34H2,1-6H3,(H,72,86)(H,73,87)(H,74,83)(H,76,92)(H,77,93)(H,78,101)(H,79,103)(H,94,95)(H,96,97)(H,98,99)/t36-,42+,43+,44+,46+,47+,51-,52-,53+,54+,61+,62-,63-,67+,68-,69-,70+,71+/m1/s1. The normalized spacial score (nSPS) is 27.6. The van der Waals surface area contributed by atoms with Crippen molar-refractivity contribution in [2.24, 2.45) is 11.3 Å². The first-order valence-corrected chi connectivity index (χ1v) is 38.6. The van der Waals surface area contributed by atoms with Crippen molar-refractivity contribution >= 4 is 104 Å². The second-order valence-corrected chi connectivity index (χ2v) is 31.7. The van der Waals surface area contributed by atoms with Gasteiger partial charge in [0.1, 0.15) is 66.4 Å². The van der Waals surface area contributed by atoms with E-state index in [1.165, 1.54) is 14.2 Å². The average molecular weight is 1590 g/mol. The number of hydrogen-bond acceptors (Lipinski definition) is 28. The van der Waals surface area contributed by atoms with Gasteiger partial charge in [-0.1, -0.05) is 65.8 Å². The summed E-state index contributed by atoms with van der Waals surface area (Å²) in [6.07, 6.45) is -13.0. The van der Waals surface area contributed by atoms with Crippen molar-refractivity contribution in [1.82, 2.24) is 52.2 Å². The van der Waals surface area contributed by atoms with Crippen LogP contribution in [0, 0.1) is 11.3 Å². The number of methoxy groups -OCH3 is 2. The molecule has 5 aliphatic heterocycles. The number of carboxylic acids is 3. The number of aromatic amines is 1. The molecule has 0 radical (unpaired) electrons. The second kappa shape index (κ2) is 35.5. The van der Waals surface area contributed by atoms with Crippen molar-refractivity contribution in [2.75, 3.05) is 90.1 Å². The molecule has 2 saturated heterocycles. The average Bonchev–Trinajstić information content (AvgIpc) is 1.48. The van der Waals surface area contributed by atoms with E-state index in [2.05, 4.69) is 52.2 Å². The van der Waals surface area contributed by atoms with Gasteiger partial charge in [0.25, 0.3) is 5.91 Å². The number of esters is 1. The van der Waals surface area contributed by atoms with Crippen LogP contribution in [0.2, 0.25) is 0 Å². The predicted octanol–water partition coefficient (Wildman–Crippen LogP) is -3.93. The zero-order valence-electron chi connectivity index (χ0n) is 61.5. The highest BCUT2D eigenvalue weighted by Gasteiger charge is 2.79. The summed E-state index contributed by atoms with van der Waals surface area (Å²) < 4.78 is 17.7. The number of nitrogens with one attached hydrogen (secondary N) is 8. The number of piperidine rings is 1. The Labute approximate surface area is 639 Å². The van der Waals surface area contributed by atoms with Gasteiger partial charge in [-0.05, 0) is 87.1 Å². The van der Waals surface area contributed by atoms with E-state index in [4.69, 9.17) is 24.4 Å². The number of H-pyrrole nitrogens is 1.